The lowest BCUT2D eigenvalue weighted by atomic mass is 9.66. The number of rotatable bonds is 8. The average molecular weight is 852 g/mol. The minimum Gasteiger partial charge on any atom is -0.493 e. The normalized spacial score (nSPS) is 24.2. The lowest BCUT2D eigenvalue weighted by Gasteiger charge is -2.41. The Balaban J connectivity index is 1.32. The Morgan fingerprint density at radius 2 is 1.59 bits per heavy atom. The molecule has 0 saturated heterocycles. The molecular weight excluding hydrogens is 781 g/mol. The molecule has 2 aromatic carbocycles. The van der Waals surface area contributed by atoms with Crippen LogP contribution in [0.1, 0.15) is 150 Å². The molecule has 4 aliphatic carbocycles. The molecule has 3 nitrogen and oxygen atoms in total. The molecule has 3 unspecified atom stereocenters. The quantitative estimate of drug-likeness (QED) is 0.0981. The van der Waals surface area contributed by atoms with Crippen molar-refractivity contribution in [3.8, 4) is 5.69 Å². The van der Waals surface area contributed by atoms with Crippen LogP contribution in [0.4, 0.5) is 0 Å². The molecule has 0 N–H and O–H groups in total. The Kier molecular flexibility index (Phi) is 10.6. The summed E-state index contributed by atoms with van der Waals surface area (Å²) in [6, 6.07) is 16.9. The van der Waals surface area contributed by atoms with Crippen LogP contribution in [0.25, 0.3) is 28.2 Å². The minimum absolute atomic E-state index is 0.00761. The van der Waals surface area contributed by atoms with Gasteiger partial charge < -0.3 is 9.30 Å². The third-order valence-electron chi connectivity index (χ3n) is 16.3. The van der Waals surface area contributed by atoms with Gasteiger partial charge in [-0.15, -0.1) is 0 Å². The van der Waals surface area contributed by atoms with Crippen molar-refractivity contribution in [1.82, 2.24) is 4.57 Å². The molecule has 2 aliphatic heterocycles. The second-order valence-corrected chi connectivity index (χ2v) is 26.4. The summed E-state index contributed by atoms with van der Waals surface area (Å²) < 4.78 is 13.1. The van der Waals surface area contributed by atoms with Gasteiger partial charge in [-0.3, -0.25) is 0 Å². The van der Waals surface area contributed by atoms with Gasteiger partial charge >= 0.3 is 0 Å². The van der Waals surface area contributed by atoms with Crippen molar-refractivity contribution in [2.45, 2.75) is 156 Å². The van der Waals surface area contributed by atoms with E-state index in [2.05, 4.69) is 181 Å². The largest absolute Gasteiger partial charge is 0.493 e. The highest BCUT2D eigenvalue weighted by molar-refractivity contribution is 6.88. The predicted octanol–water partition coefficient (Wildman–Crippen LogP) is 14.5. The Morgan fingerprint density at radius 3 is 2.30 bits per heavy atom. The number of aryl methyl sites for hydroxylation is 2. The summed E-state index contributed by atoms with van der Waals surface area (Å²) in [6.45, 7) is 27.0. The number of benzene rings is 2. The SMILES string of the molecule is CCC1(CC)/C(=C(/C)C2C=CC3=C(O[C@H]4CCC=CC34)C2c2c(C)c3ccc4c(c3n2-c2c(C(C)C)cccc2C(C)C)CCC=C4)C2=C(C=CCC2)c2ccc([Si](C)(C)C)c[n+]21. The number of fused-ring (bicyclic) bond motifs is 7. The van der Waals surface area contributed by atoms with Crippen molar-refractivity contribution in [3.05, 3.63) is 158 Å². The molecule has 0 saturated carbocycles. The third-order valence-corrected chi connectivity index (χ3v) is 18.3. The van der Waals surface area contributed by atoms with Gasteiger partial charge in [0, 0.05) is 63.7 Å². The highest BCUT2D eigenvalue weighted by Gasteiger charge is 2.52. The van der Waals surface area contributed by atoms with Crippen LogP contribution >= 0.6 is 0 Å². The van der Waals surface area contributed by atoms with Crippen LogP contribution in [0.3, 0.4) is 0 Å². The summed E-state index contributed by atoms with van der Waals surface area (Å²) in [5.41, 5.74) is 20.1. The number of nitrogens with zero attached hydrogens (tertiary/aromatic N) is 2. The van der Waals surface area contributed by atoms with Gasteiger partial charge in [-0.2, -0.15) is 4.57 Å². The van der Waals surface area contributed by atoms with Crippen LogP contribution in [0.5, 0.6) is 0 Å². The fourth-order valence-electron chi connectivity index (χ4n) is 12.9. The first-order valence-electron chi connectivity index (χ1n) is 24.7. The van der Waals surface area contributed by atoms with E-state index in [1.54, 1.807) is 11.1 Å². The molecule has 4 heterocycles. The lowest BCUT2D eigenvalue weighted by molar-refractivity contribution is -0.758. The highest BCUT2D eigenvalue weighted by atomic mass is 28.3. The Labute approximate surface area is 379 Å². The summed E-state index contributed by atoms with van der Waals surface area (Å²) in [5.74, 6) is 2.35. The van der Waals surface area contributed by atoms with Crippen molar-refractivity contribution in [2.75, 3.05) is 0 Å². The van der Waals surface area contributed by atoms with E-state index in [-0.39, 0.29) is 23.5 Å². The van der Waals surface area contributed by atoms with Gasteiger partial charge in [0.25, 0.3) is 0 Å². The first-order valence-corrected chi connectivity index (χ1v) is 28.2. The summed E-state index contributed by atoms with van der Waals surface area (Å²) in [4.78, 5) is 0. The average Bonchev–Trinajstić information content (AvgIpc) is 3.81. The second-order valence-electron chi connectivity index (χ2n) is 21.3. The van der Waals surface area contributed by atoms with E-state index in [1.165, 1.54) is 83.5 Å². The third kappa shape index (κ3) is 6.42. The molecule has 0 amide bonds. The van der Waals surface area contributed by atoms with Gasteiger partial charge in [0.05, 0.1) is 25.2 Å². The topological polar surface area (TPSA) is 18.0 Å². The fourth-order valence-corrected chi connectivity index (χ4v) is 14.0. The van der Waals surface area contributed by atoms with Gasteiger partial charge in [0.2, 0.25) is 5.69 Å². The maximum atomic E-state index is 7.54. The van der Waals surface area contributed by atoms with Gasteiger partial charge in [-0.1, -0.05) is 152 Å². The monoisotopic (exact) mass is 852 g/mol. The molecule has 4 heteroatoms. The summed E-state index contributed by atoms with van der Waals surface area (Å²) in [6.07, 6.45) is 31.0. The maximum Gasteiger partial charge on any atom is 0.213 e. The Morgan fingerprint density at radius 1 is 0.857 bits per heavy atom. The molecule has 4 atom stereocenters. The van der Waals surface area contributed by atoms with Crippen LogP contribution in [0.15, 0.2) is 119 Å². The molecular formula is C59H71N2OSi+. The number of allylic oxidation sites excluding steroid dienone is 11. The van der Waals surface area contributed by atoms with E-state index in [9.17, 15) is 0 Å². The van der Waals surface area contributed by atoms with Crippen LogP contribution < -0.4 is 9.75 Å². The smallest absolute Gasteiger partial charge is 0.213 e. The van der Waals surface area contributed by atoms with Crippen molar-refractivity contribution in [2.24, 2.45) is 11.8 Å². The van der Waals surface area contributed by atoms with E-state index in [4.69, 9.17) is 4.74 Å². The summed E-state index contributed by atoms with van der Waals surface area (Å²) in [7, 11) is -1.61. The highest BCUT2D eigenvalue weighted by Crippen LogP contribution is 2.56. The molecule has 4 aromatic rings. The van der Waals surface area contributed by atoms with Crippen molar-refractivity contribution in [3.63, 3.8) is 0 Å². The number of pyridine rings is 1. The number of para-hydroxylation sites is 1. The number of hydrogen-bond acceptors (Lipinski definition) is 1. The van der Waals surface area contributed by atoms with Crippen LogP contribution in [-0.2, 0) is 16.7 Å². The fraction of sp³-hybridized carbons (Fsp3) is 0.441. The van der Waals surface area contributed by atoms with E-state index < -0.39 is 8.07 Å². The second kappa shape index (κ2) is 15.8. The predicted molar refractivity (Wildman–Crippen MR) is 269 cm³/mol. The maximum absolute atomic E-state index is 7.54. The van der Waals surface area contributed by atoms with Crippen molar-refractivity contribution in [1.29, 1.82) is 0 Å². The van der Waals surface area contributed by atoms with Gasteiger partial charge in [0.15, 0.2) is 11.7 Å². The molecule has 326 valence electrons. The minimum atomic E-state index is -1.61. The van der Waals surface area contributed by atoms with E-state index in [0.29, 0.717) is 17.8 Å². The van der Waals surface area contributed by atoms with Crippen molar-refractivity contribution >= 4 is 35.8 Å². The van der Waals surface area contributed by atoms with Crippen molar-refractivity contribution < 1.29 is 9.30 Å². The van der Waals surface area contributed by atoms with Crippen LogP contribution in [0.2, 0.25) is 19.6 Å². The molecule has 0 fully saturated rings. The number of hydrogen-bond donors (Lipinski definition) is 0. The number of ether oxygens (including phenoxy) is 1. The first kappa shape index (κ1) is 42.3. The molecule has 0 spiro atoms. The Bertz CT molecular complexity index is 2740. The summed E-state index contributed by atoms with van der Waals surface area (Å²) in [5, 5.41) is 2.92. The zero-order valence-electron chi connectivity index (χ0n) is 40.2. The van der Waals surface area contributed by atoms with Gasteiger partial charge in [-0.25, -0.2) is 0 Å². The van der Waals surface area contributed by atoms with E-state index in [1.807, 2.05) is 0 Å². The molecule has 63 heavy (non-hydrogen) atoms. The zero-order chi connectivity index (χ0) is 44.1. The van der Waals surface area contributed by atoms with Gasteiger partial charge in [-0.05, 0) is 97.6 Å². The summed E-state index contributed by atoms with van der Waals surface area (Å²) >= 11 is 0. The lowest BCUT2D eigenvalue weighted by Crippen LogP contribution is -2.63. The van der Waals surface area contributed by atoms with Crippen LogP contribution in [0, 0.1) is 18.8 Å². The van der Waals surface area contributed by atoms with E-state index >= 15 is 0 Å². The standard InChI is InChI=1S/C59H71N2OSi/c1-12-59(13-2)54(49-25-17-16-23-47(49)51-34-30-41(35-60(51)59)63(9,10)11)38(7)44-32-33-50-48-24-18-19-28-52(48)62-58(50)53(44)55-39(8)45-31-29-40-21-14-15-22-46(40)57(45)61(55)56-42(36(3)4)26-20-27-43(56)37(5)6/h14,16,18,20-21,23-24,26-27,29-37,44,48,52-53H,12-13,15,17,19,22,25,28H2,1-11H3/q+1/b54-38-/t44?,48?,52-,53?/m0/s1. The number of aromatic nitrogens is 2. The van der Waals surface area contributed by atoms with Crippen LogP contribution in [-0.4, -0.2) is 18.7 Å². The molecule has 6 aliphatic rings. The Hall–Kier alpha value is -4.67. The van der Waals surface area contributed by atoms with Gasteiger partial charge in [0.1, 0.15) is 11.9 Å². The zero-order valence-corrected chi connectivity index (χ0v) is 41.2. The first-order chi connectivity index (χ1) is 30.3. The molecule has 10 rings (SSSR count). The molecule has 2 aromatic heterocycles. The van der Waals surface area contributed by atoms with E-state index in [0.717, 1.165) is 51.4 Å². The molecule has 0 radical (unpaired) electrons. The molecule has 0 bridgehead atoms.